The lowest BCUT2D eigenvalue weighted by Crippen LogP contribution is -1.95. The summed E-state index contributed by atoms with van der Waals surface area (Å²) in [5.74, 6) is 0.409. The van der Waals surface area contributed by atoms with Gasteiger partial charge < -0.3 is 10.1 Å². The first kappa shape index (κ1) is 11.7. The lowest BCUT2D eigenvalue weighted by Gasteiger charge is -2.07. The Bertz CT molecular complexity index is 534. The fraction of sp³-hybridized carbons (Fsp3) is 0.0833. The van der Waals surface area contributed by atoms with Crippen LogP contribution in [-0.4, -0.2) is 12.0 Å². The topological polar surface area (TPSA) is 34.1 Å². The molecule has 0 amide bonds. The maximum absolute atomic E-state index is 13.6. The van der Waals surface area contributed by atoms with Gasteiger partial charge in [-0.05, 0) is 18.2 Å². The summed E-state index contributed by atoms with van der Waals surface area (Å²) in [6.07, 6.45) is 0. The number of rotatable bonds is 3. The van der Waals surface area contributed by atoms with Crippen LogP contribution in [0.3, 0.4) is 0 Å². The smallest absolute Gasteiger partial charge is 0.221 e. The summed E-state index contributed by atoms with van der Waals surface area (Å²) in [7, 11) is 1.74. The van der Waals surface area contributed by atoms with Gasteiger partial charge in [0, 0.05) is 13.1 Å². The van der Waals surface area contributed by atoms with Crippen molar-refractivity contribution in [3.8, 4) is 11.6 Å². The first-order valence-electron chi connectivity index (χ1n) is 4.97. The summed E-state index contributed by atoms with van der Waals surface area (Å²) < 4.78 is 18.9. The van der Waals surface area contributed by atoms with Crippen LogP contribution in [0.5, 0.6) is 11.6 Å². The second-order valence-corrected chi connectivity index (χ2v) is 3.67. The normalized spacial score (nSPS) is 10.1. The number of benzene rings is 1. The van der Waals surface area contributed by atoms with Crippen molar-refractivity contribution in [2.24, 2.45) is 0 Å². The monoisotopic (exact) mass is 252 g/mol. The van der Waals surface area contributed by atoms with Gasteiger partial charge in [0.1, 0.15) is 5.82 Å². The average Bonchev–Trinajstić information content (AvgIpc) is 2.35. The second-order valence-electron chi connectivity index (χ2n) is 3.27. The van der Waals surface area contributed by atoms with Crippen molar-refractivity contribution in [1.82, 2.24) is 4.98 Å². The number of hydrogen-bond donors (Lipinski definition) is 1. The van der Waals surface area contributed by atoms with Gasteiger partial charge in [-0.2, -0.15) is 4.98 Å². The van der Waals surface area contributed by atoms with Gasteiger partial charge in [-0.15, -0.1) is 0 Å². The number of nitrogens with one attached hydrogen (secondary N) is 1. The van der Waals surface area contributed by atoms with Crippen LogP contribution >= 0.6 is 11.6 Å². The number of aromatic nitrogens is 1. The first-order valence-corrected chi connectivity index (χ1v) is 5.35. The summed E-state index contributed by atoms with van der Waals surface area (Å²) in [5, 5.41) is 2.89. The maximum Gasteiger partial charge on any atom is 0.221 e. The molecule has 0 aliphatic carbocycles. The Balaban J connectivity index is 2.28. The fourth-order valence-corrected chi connectivity index (χ4v) is 1.45. The molecule has 1 aromatic heterocycles. The molecule has 0 bridgehead atoms. The molecule has 1 heterocycles. The number of nitrogens with zero attached hydrogens (tertiary/aromatic N) is 1. The maximum atomic E-state index is 13.6. The molecule has 0 radical (unpaired) electrons. The zero-order valence-electron chi connectivity index (χ0n) is 9.08. The molecule has 0 aliphatic rings. The number of hydrogen-bond acceptors (Lipinski definition) is 3. The van der Waals surface area contributed by atoms with E-state index in [-0.39, 0.29) is 10.8 Å². The van der Waals surface area contributed by atoms with Crippen LogP contribution < -0.4 is 10.1 Å². The van der Waals surface area contributed by atoms with E-state index in [1.165, 1.54) is 12.1 Å². The Morgan fingerprint density at radius 2 is 2.00 bits per heavy atom. The van der Waals surface area contributed by atoms with E-state index >= 15 is 0 Å². The third-order valence-corrected chi connectivity index (χ3v) is 2.40. The third-order valence-electron chi connectivity index (χ3n) is 2.11. The molecule has 0 aliphatic heterocycles. The number of pyridine rings is 1. The van der Waals surface area contributed by atoms with E-state index in [0.717, 1.165) is 0 Å². The molecule has 2 aromatic rings. The van der Waals surface area contributed by atoms with E-state index in [1.54, 1.807) is 31.3 Å². The van der Waals surface area contributed by atoms with Gasteiger partial charge in [-0.3, -0.25) is 0 Å². The highest BCUT2D eigenvalue weighted by Crippen LogP contribution is 2.28. The molecule has 0 unspecified atom stereocenters. The summed E-state index contributed by atoms with van der Waals surface area (Å²) in [5.41, 5.74) is 0. The zero-order chi connectivity index (χ0) is 12.3. The molecular weight excluding hydrogens is 243 g/mol. The van der Waals surface area contributed by atoms with Gasteiger partial charge >= 0.3 is 0 Å². The van der Waals surface area contributed by atoms with E-state index in [0.29, 0.717) is 11.7 Å². The van der Waals surface area contributed by atoms with E-state index in [4.69, 9.17) is 16.3 Å². The predicted octanol–water partition coefficient (Wildman–Crippen LogP) is 3.71. The van der Waals surface area contributed by atoms with Gasteiger partial charge in [0.2, 0.25) is 5.88 Å². The van der Waals surface area contributed by atoms with Crippen LogP contribution in [0.25, 0.3) is 0 Å². The van der Waals surface area contributed by atoms with Gasteiger partial charge in [-0.1, -0.05) is 23.7 Å². The van der Waals surface area contributed by atoms with Crippen LogP contribution in [0.1, 0.15) is 0 Å². The van der Waals surface area contributed by atoms with Crippen molar-refractivity contribution >= 4 is 17.4 Å². The predicted molar refractivity (Wildman–Crippen MR) is 65.3 cm³/mol. The Kier molecular flexibility index (Phi) is 3.44. The molecular formula is C12H10ClFN2O. The van der Waals surface area contributed by atoms with Gasteiger partial charge in [-0.25, -0.2) is 4.39 Å². The van der Waals surface area contributed by atoms with Crippen LogP contribution in [0.4, 0.5) is 10.2 Å². The molecule has 0 saturated heterocycles. The minimum Gasteiger partial charge on any atom is -0.436 e. The number of halogens is 2. The summed E-state index contributed by atoms with van der Waals surface area (Å²) in [6, 6.07) is 9.75. The third kappa shape index (κ3) is 2.65. The first-order chi connectivity index (χ1) is 8.20. The Morgan fingerprint density at radius 1 is 1.24 bits per heavy atom. The van der Waals surface area contributed by atoms with E-state index in [2.05, 4.69) is 10.3 Å². The number of anilines is 1. The quantitative estimate of drug-likeness (QED) is 0.904. The average molecular weight is 253 g/mol. The molecule has 3 nitrogen and oxygen atoms in total. The summed E-state index contributed by atoms with van der Waals surface area (Å²) >= 11 is 5.65. The minimum absolute atomic E-state index is 0.0206. The molecule has 5 heteroatoms. The highest BCUT2D eigenvalue weighted by molar-refractivity contribution is 6.30. The Hall–Kier alpha value is -1.81. The van der Waals surface area contributed by atoms with Gasteiger partial charge in [0.25, 0.3) is 0 Å². The van der Waals surface area contributed by atoms with Crippen molar-refractivity contribution < 1.29 is 9.13 Å². The molecule has 1 aromatic carbocycles. The molecule has 2 rings (SSSR count). The molecule has 0 atom stereocenters. The lowest BCUT2D eigenvalue weighted by molar-refractivity contribution is 0.428. The van der Waals surface area contributed by atoms with E-state index in [1.807, 2.05) is 0 Å². The largest absolute Gasteiger partial charge is 0.436 e. The lowest BCUT2D eigenvalue weighted by atomic mass is 10.3. The van der Waals surface area contributed by atoms with Crippen LogP contribution in [-0.2, 0) is 0 Å². The highest BCUT2D eigenvalue weighted by Gasteiger charge is 2.09. The molecule has 0 fully saturated rings. The van der Waals surface area contributed by atoms with Crippen LogP contribution in [0.15, 0.2) is 36.4 Å². The van der Waals surface area contributed by atoms with Gasteiger partial charge in [0.05, 0.1) is 5.02 Å². The second kappa shape index (κ2) is 5.01. The van der Waals surface area contributed by atoms with Crippen molar-refractivity contribution in [1.29, 1.82) is 0 Å². The van der Waals surface area contributed by atoms with Crippen molar-refractivity contribution in [3.63, 3.8) is 0 Å². The van der Waals surface area contributed by atoms with E-state index in [9.17, 15) is 4.39 Å². The molecule has 88 valence electrons. The number of ether oxygens (including phenoxy) is 1. The van der Waals surface area contributed by atoms with Crippen LogP contribution in [0.2, 0.25) is 5.02 Å². The standard InChI is InChI=1S/C12H10ClFN2O/c1-15-10-6-3-7-11(16-10)17-9-5-2-4-8(13)12(9)14/h2-7H,1H3,(H,15,16). The highest BCUT2D eigenvalue weighted by atomic mass is 35.5. The Labute approximate surface area is 103 Å². The van der Waals surface area contributed by atoms with Crippen molar-refractivity contribution in [2.75, 3.05) is 12.4 Å². The van der Waals surface area contributed by atoms with Crippen molar-refractivity contribution in [3.05, 3.63) is 47.2 Å². The minimum atomic E-state index is -0.592. The molecule has 1 N–H and O–H groups in total. The summed E-state index contributed by atoms with van der Waals surface area (Å²) in [6.45, 7) is 0. The van der Waals surface area contributed by atoms with Crippen molar-refractivity contribution in [2.45, 2.75) is 0 Å². The molecule has 0 saturated carbocycles. The molecule has 17 heavy (non-hydrogen) atoms. The van der Waals surface area contributed by atoms with Crippen LogP contribution in [0, 0.1) is 5.82 Å². The molecule has 0 spiro atoms. The SMILES string of the molecule is CNc1cccc(Oc2cccc(Cl)c2F)n1. The summed E-state index contributed by atoms with van der Waals surface area (Å²) in [4.78, 5) is 4.11. The Morgan fingerprint density at radius 3 is 2.76 bits per heavy atom. The fourth-order valence-electron chi connectivity index (χ4n) is 1.29. The zero-order valence-corrected chi connectivity index (χ0v) is 9.83. The van der Waals surface area contributed by atoms with E-state index < -0.39 is 5.82 Å². The van der Waals surface area contributed by atoms with Gasteiger partial charge in [0.15, 0.2) is 11.6 Å².